The molecule has 17 heavy (non-hydrogen) atoms. The van der Waals surface area contributed by atoms with Crippen molar-refractivity contribution in [3.8, 4) is 0 Å². The fourth-order valence-corrected chi connectivity index (χ4v) is 2.24. The number of rotatable bonds is 6. The van der Waals surface area contributed by atoms with Gasteiger partial charge in [-0.2, -0.15) is 0 Å². The molecule has 2 aromatic rings. The Morgan fingerprint density at radius 2 is 2.12 bits per heavy atom. The molecule has 1 aromatic heterocycles. The highest BCUT2D eigenvalue weighted by molar-refractivity contribution is 7.09. The molecule has 0 fully saturated rings. The smallest absolute Gasteiger partial charge is 0.106 e. The number of aliphatic hydroxyl groups excluding tert-OH is 1. The number of hydrogen-bond donors (Lipinski definition) is 2. The summed E-state index contributed by atoms with van der Waals surface area (Å²) in [6, 6.07) is 10.3. The fraction of sp³-hybridized carbons (Fsp3) is 0.308. The van der Waals surface area contributed by atoms with Crippen LogP contribution in [0, 0.1) is 0 Å². The molecule has 2 rings (SSSR count). The first-order chi connectivity index (χ1) is 8.38. The van der Waals surface area contributed by atoms with E-state index in [2.05, 4.69) is 22.4 Å². The SMILES string of the molecule is OCC(Cc1ccccc1)NCc1nccs1. The van der Waals surface area contributed by atoms with Gasteiger partial charge in [0, 0.05) is 24.2 Å². The number of hydrogen-bond acceptors (Lipinski definition) is 4. The van der Waals surface area contributed by atoms with Crippen LogP contribution in [-0.2, 0) is 13.0 Å². The van der Waals surface area contributed by atoms with Gasteiger partial charge in [0.1, 0.15) is 5.01 Å². The molecular weight excluding hydrogens is 232 g/mol. The molecule has 1 atom stereocenters. The van der Waals surface area contributed by atoms with Gasteiger partial charge >= 0.3 is 0 Å². The highest BCUT2D eigenvalue weighted by Crippen LogP contribution is 2.06. The second kappa shape index (κ2) is 6.49. The van der Waals surface area contributed by atoms with Gasteiger partial charge in [0.25, 0.3) is 0 Å². The Hall–Kier alpha value is -1.23. The van der Waals surface area contributed by atoms with E-state index in [1.165, 1.54) is 5.56 Å². The van der Waals surface area contributed by atoms with Crippen LogP contribution in [0.2, 0.25) is 0 Å². The molecule has 0 saturated carbocycles. The van der Waals surface area contributed by atoms with Gasteiger partial charge in [0.05, 0.1) is 6.61 Å². The van der Waals surface area contributed by atoms with E-state index in [0.29, 0.717) is 0 Å². The van der Waals surface area contributed by atoms with E-state index in [1.54, 1.807) is 17.5 Å². The molecule has 4 heteroatoms. The van der Waals surface area contributed by atoms with Crippen molar-refractivity contribution in [3.63, 3.8) is 0 Å². The Kier molecular flexibility index (Phi) is 4.67. The summed E-state index contributed by atoms with van der Waals surface area (Å²) in [5, 5.41) is 15.7. The van der Waals surface area contributed by atoms with Crippen molar-refractivity contribution >= 4 is 11.3 Å². The number of nitrogens with one attached hydrogen (secondary N) is 1. The topological polar surface area (TPSA) is 45.1 Å². The van der Waals surface area contributed by atoms with Gasteiger partial charge in [-0.05, 0) is 12.0 Å². The van der Waals surface area contributed by atoms with Gasteiger partial charge in [-0.25, -0.2) is 4.98 Å². The number of aliphatic hydroxyl groups is 1. The second-order valence-corrected chi connectivity index (χ2v) is 4.86. The summed E-state index contributed by atoms with van der Waals surface area (Å²) in [6.07, 6.45) is 2.63. The summed E-state index contributed by atoms with van der Waals surface area (Å²) in [6.45, 7) is 0.857. The molecular formula is C13H16N2OS. The summed E-state index contributed by atoms with van der Waals surface area (Å²) in [5.74, 6) is 0. The molecule has 0 saturated heterocycles. The van der Waals surface area contributed by atoms with Crippen molar-refractivity contribution in [1.29, 1.82) is 0 Å². The minimum Gasteiger partial charge on any atom is -0.395 e. The molecule has 1 unspecified atom stereocenters. The monoisotopic (exact) mass is 248 g/mol. The lowest BCUT2D eigenvalue weighted by atomic mass is 10.1. The van der Waals surface area contributed by atoms with E-state index < -0.39 is 0 Å². The van der Waals surface area contributed by atoms with Crippen molar-refractivity contribution in [2.75, 3.05) is 6.61 Å². The van der Waals surface area contributed by atoms with Crippen LogP contribution in [0.5, 0.6) is 0 Å². The average molecular weight is 248 g/mol. The third-order valence-corrected chi connectivity index (χ3v) is 3.35. The quantitative estimate of drug-likeness (QED) is 0.820. The van der Waals surface area contributed by atoms with E-state index in [0.717, 1.165) is 18.0 Å². The van der Waals surface area contributed by atoms with Crippen LogP contribution >= 0.6 is 11.3 Å². The lowest BCUT2D eigenvalue weighted by molar-refractivity contribution is 0.241. The standard InChI is InChI=1S/C13H16N2OS/c16-10-12(8-11-4-2-1-3-5-11)15-9-13-14-6-7-17-13/h1-7,12,15-16H,8-10H2. The molecule has 1 heterocycles. The zero-order chi connectivity index (χ0) is 11.9. The van der Waals surface area contributed by atoms with E-state index in [4.69, 9.17) is 0 Å². The Labute approximate surface area is 105 Å². The lowest BCUT2D eigenvalue weighted by Gasteiger charge is -2.15. The number of aromatic nitrogens is 1. The zero-order valence-electron chi connectivity index (χ0n) is 9.54. The predicted octanol–water partition coefficient (Wildman–Crippen LogP) is 1.84. The minimum atomic E-state index is 0.0845. The summed E-state index contributed by atoms with van der Waals surface area (Å²) in [7, 11) is 0. The van der Waals surface area contributed by atoms with Crippen LogP contribution in [-0.4, -0.2) is 22.7 Å². The largest absolute Gasteiger partial charge is 0.395 e. The van der Waals surface area contributed by atoms with Crippen LogP contribution in [0.4, 0.5) is 0 Å². The van der Waals surface area contributed by atoms with Crippen LogP contribution < -0.4 is 5.32 Å². The molecule has 90 valence electrons. The van der Waals surface area contributed by atoms with E-state index in [-0.39, 0.29) is 12.6 Å². The number of nitrogens with zero attached hydrogens (tertiary/aromatic N) is 1. The average Bonchev–Trinajstić information content (AvgIpc) is 2.89. The Bertz CT molecular complexity index is 416. The van der Waals surface area contributed by atoms with Crippen LogP contribution in [0.25, 0.3) is 0 Å². The van der Waals surface area contributed by atoms with Crippen molar-refractivity contribution in [3.05, 3.63) is 52.5 Å². The Morgan fingerprint density at radius 1 is 1.29 bits per heavy atom. The summed E-state index contributed by atoms with van der Waals surface area (Å²) in [5.41, 5.74) is 1.23. The van der Waals surface area contributed by atoms with Crippen LogP contribution in [0.1, 0.15) is 10.6 Å². The number of benzene rings is 1. The highest BCUT2D eigenvalue weighted by atomic mass is 32.1. The zero-order valence-corrected chi connectivity index (χ0v) is 10.4. The first kappa shape index (κ1) is 12.2. The van der Waals surface area contributed by atoms with Gasteiger partial charge in [-0.15, -0.1) is 11.3 Å². The highest BCUT2D eigenvalue weighted by Gasteiger charge is 2.08. The first-order valence-electron chi connectivity index (χ1n) is 5.65. The third kappa shape index (κ3) is 3.93. The van der Waals surface area contributed by atoms with Gasteiger partial charge in [-0.1, -0.05) is 30.3 Å². The normalized spacial score (nSPS) is 12.5. The van der Waals surface area contributed by atoms with E-state index in [9.17, 15) is 5.11 Å². The maximum absolute atomic E-state index is 9.34. The van der Waals surface area contributed by atoms with Crippen molar-refractivity contribution in [2.24, 2.45) is 0 Å². The maximum Gasteiger partial charge on any atom is 0.106 e. The Balaban J connectivity index is 1.85. The van der Waals surface area contributed by atoms with Crippen LogP contribution in [0.15, 0.2) is 41.9 Å². The van der Waals surface area contributed by atoms with Crippen molar-refractivity contribution in [2.45, 2.75) is 19.0 Å². The summed E-state index contributed by atoms with van der Waals surface area (Å²) >= 11 is 1.63. The molecule has 0 amide bonds. The van der Waals surface area contributed by atoms with Crippen molar-refractivity contribution in [1.82, 2.24) is 10.3 Å². The Morgan fingerprint density at radius 3 is 2.76 bits per heavy atom. The van der Waals surface area contributed by atoms with E-state index in [1.807, 2.05) is 23.6 Å². The summed E-state index contributed by atoms with van der Waals surface area (Å²) < 4.78 is 0. The minimum absolute atomic E-state index is 0.0845. The molecule has 0 bridgehead atoms. The molecule has 0 aliphatic rings. The lowest BCUT2D eigenvalue weighted by Crippen LogP contribution is -2.33. The van der Waals surface area contributed by atoms with Crippen LogP contribution in [0.3, 0.4) is 0 Å². The summed E-state index contributed by atoms with van der Waals surface area (Å²) in [4.78, 5) is 4.20. The maximum atomic E-state index is 9.34. The predicted molar refractivity (Wildman–Crippen MR) is 70.0 cm³/mol. The fourth-order valence-electron chi connectivity index (χ4n) is 1.67. The second-order valence-electron chi connectivity index (χ2n) is 3.88. The molecule has 2 N–H and O–H groups in total. The molecule has 3 nitrogen and oxygen atoms in total. The molecule has 0 radical (unpaired) electrons. The third-order valence-electron chi connectivity index (χ3n) is 2.57. The van der Waals surface area contributed by atoms with Crippen molar-refractivity contribution < 1.29 is 5.11 Å². The van der Waals surface area contributed by atoms with Gasteiger partial charge in [0.15, 0.2) is 0 Å². The first-order valence-corrected chi connectivity index (χ1v) is 6.53. The molecule has 0 aliphatic heterocycles. The molecule has 0 spiro atoms. The van der Waals surface area contributed by atoms with Gasteiger partial charge in [-0.3, -0.25) is 0 Å². The number of thiazole rings is 1. The van der Waals surface area contributed by atoms with Gasteiger partial charge in [0.2, 0.25) is 0 Å². The van der Waals surface area contributed by atoms with Gasteiger partial charge < -0.3 is 10.4 Å². The molecule has 0 aliphatic carbocycles. The van der Waals surface area contributed by atoms with E-state index >= 15 is 0 Å². The molecule has 1 aromatic carbocycles.